The summed E-state index contributed by atoms with van der Waals surface area (Å²) in [6.07, 6.45) is 2.57. The molecule has 1 fully saturated rings. The summed E-state index contributed by atoms with van der Waals surface area (Å²) in [6.45, 7) is 2.09. The summed E-state index contributed by atoms with van der Waals surface area (Å²) >= 11 is 0. The number of para-hydroxylation sites is 1. The zero-order valence-electron chi connectivity index (χ0n) is 13.7. The van der Waals surface area contributed by atoms with E-state index in [4.69, 9.17) is 0 Å². The highest BCUT2D eigenvalue weighted by atomic mass is 16.3. The summed E-state index contributed by atoms with van der Waals surface area (Å²) in [4.78, 5) is 16.5. The van der Waals surface area contributed by atoms with Crippen molar-refractivity contribution in [1.29, 1.82) is 0 Å². The van der Waals surface area contributed by atoms with Crippen LogP contribution in [0.5, 0.6) is 0 Å². The fraction of sp³-hybridized carbons (Fsp3) is 0.350. The number of fused-ring (bicyclic) bond motifs is 1. The number of aliphatic hydroxyl groups is 1. The van der Waals surface area contributed by atoms with Gasteiger partial charge in [-0.05, 0) is 55.2 Å². The minimum Gasteiger partial charge on any atom is -0.391 e. The van der Waals surface area contributed by atoms with Crippen molar-refractivity contribution in [2.24, 2.45) is 0 Å². The number of carbonyl (C=O) groups is 1. The van der Waals surface area contributed by atoms with Crippen LogP contribution in [0.3, 0.4) is 0 Å². The average Bonchev–Trinajstić information content (AvgIpc) is 3.07. The molecule has 2 heterocycles. The average molecular weight is 322 g/mol. The van der Waals surface area contributed by atoms with Crippen LogP contribution in [0.1, 0.15) is 28.8 Å². The number of carbonyl (C=O) groups excluding carboxylic acids is 1. The predicted octanol–water partition coefficient (Wildman–Crippen LogP) is 2.98. The van der Waals surface area contributed by atoms with Gasteiger partial charge in [-0.25, -0.2) is 0 Å². The van der Waals surface area contributed by atoms with Crippen molar-refractivity contribution >= 4 is 17.3 Å². The van der Waals surface area contributed by atoms with E-state index in [1.807, 2.05) is 24.3 Å². The van der Waals surface area contributed by atoms with Gasteiger partial charge in [-0.3, -0.25) is 4.79 Å². The third-order valence-corrected chi connectivity index (χ3v) is 4.99. The summed E-state index contributed by atoms with van der Waals surface area (Å²) in [5.41, 5.74) is 4.47. The molecule has 0 bridgehead atoms. The lowest BCUT2D eigenvalue weighted by atomic mass is 10.0. The van der Waals surface area contributed by atoms with Crippen LogP contribution in [0.25, 0.3) is 0 Å². The van der Waals surface area contributed by atoms with Gasteiger partial charge in [0.05, 0.1) is 6.10 Å². The van der Waals surface area contributed by atoms with Gasteiger partial charge in [-0.15, -0.1) is 0 Å². The summed E-state index contributed by atoms with van der Waals surface area (Å²) in [5.74, 6) is 0.0112. The SMILES string of the molecule is O=C(c1ccc(N2CCCc3ccccc32)cc1)N1CC[C@@H](O)C1. The fourth-order valence-corrected chi connectivity index (χ4v) is 3.69. The Bertz CT molecular complexity index is 742. The lowest BCUT2D eigenvalue weighted by Gasteiger charge is -2.31. The maximum absolute atomic E-state index is 12.5. The molecule has 0 radical (unpaired) electrons. The highest BCUT2D eigenvalue weighted by Crippen LogP contribution is 2.33. The Balaban J connectivity index is 1.56. The second kappa shape index (κ2) is 6.29. The number of benzene rings is 2. The molecule has 124 valence electrons. The highest BCUT2D eigenvalue weighted by Gasteiger charge is 2.25. The molecular weight excluding hydrogens is 300 g/mol. The van der Waals surface area contributed by atoms with Gasteiger partial charge in [-0.1, -0.05) is 18.2 Å². The molecule has 0 unspecified atom stereocenters. The zero-order valence-corrected chi connectivity index (χ0v) is 13.7. The summed E-state index contributed by atoms with van der Waals surface area (Å²) in [7, 11) is 0. The Hall–Kier alpha value is -2.33. The monoisotopic (exact) mass is 322 g/mol. The van der Waals surface area contributed by atoms with Gasteiger partial charge in [0.15, 0.2) is 0 Å². The highest BCUT2D eigenvalue weighted by molar-refractivity contribution is 5.95. The number of hydrogen-bond donors (Lipinski definition) is 1. The molecule has 1 N–H and O–H groups in total. The van der Waals surface area contributed by atoms with Crippen LogP contribution in [0.2, 0.25) is 0 Å². The second-order valence-electron chi connectivity index (χ2n) is 6.62. The third-order valence-electron chi connectivity index (χ3n) is 4.99. The molecule has 4 rings (SSSR count). The molecule has 1 atom stereocenters. The van der Waals surface area contributed by atoms with Gasteiger partial charge in [0, 0.05) is 36.6 Å². The lowest BCUT2D eigenvalue weighted by Crippen LogP contribution is -2.29. The van der Waals surface area contributed by atoms with Crippen molar-refractivity contribution in [2.75, 3.05) is 24.5 Å². The predicted molar refractivity (Wildman–Crippen MR) is 94.7 cm³/mol. The molecule has 24 heavy (non-hydrogen) atoms. The van der Waals surface area contributed by atoms with Gasteiger partial charge in [-0.2, -0.15) is 0 Å². The molecule has 2 aliphatic heterocycles. The molecule has 0 aromatic heterocycles. The molecule has 1 amide bonds. The van der Waals surface area contributed by atoms with Crippen molar-refractivity contribution in [1.82, 2.24) is 4.90 Å². The smallest absolute Gasteiger partial charge is 0.253 e. The van der Waals surface area contributed by atoms with Gasteiger partial charge >= 0.3 is 0 Å². The van der Waals surface area contributed by atoms with E-state index in [1.165, 1.54) is 11.3 Å². The van der Waals surface area contributed by atoms with Gasteiger partial charge in [0.1, 0.15) is 0 Å². The van der Waals surface area contributed by atoms with E-state index in [1.54, 1.807) is 4.90 Å². The fourth-order valence-electron chi connectivity index (χ4n) is 3.69. The summed E-state index contributed by atoms with van der Waals surface area (Å²) in [5, 5.41) is 9.60. The number of anilines is 2. The van der Waals surface area contributed by atoms with E-state index < -0.39 is 0 Å². The Kier molecular flexibility index (Phi) is 3.98. The maximum atomic E-state index is 12.5. The quantitative estimate of drug-likeness (QED) is 0.924. The number of β-amino-alcohol motifs (C(OH)–C–C–N with tert-alkyl or cyclic N) is 1. The molecule has 1 saturated heterocycles. The van der Waals surface area contributed by atoms with Crippen molar-refractivity contribution in [3.8, 4) is 0 Å². The topological polar surface area (TPSA) is 43.8 Å². The van der Waals surface area contributed by atoms with E-state index in [-0.39, 0.29) is 12.0 Å². The first-order valence-electron chi connectivity index (χ1n) is 8.65. The number of amides is 1. The van der Waals surface area contributed by atoms with Crippen LogP contribution in [-0.2, 0) is 6.42 Å². The van der Waals surface area contributed by atoms with E-state index in [9.17, 15) is 9.90 Å². The first-order chi connectivity index (χ1) is 11.7. The molecule has 2 aliphatic rings. The minimum atomic E-state index is -0.377. The van der Waals surface area contributed by atoms with Gasteiger partial charge < -0.3 is 14.9 Å². The zero-order chi connectivity index (χ0) is 16.5. The molecule has 2 aromatic rings. The Morgan fingerprint density at radius 1 is 1.04 bits per heavy atom. The number of hydrogen-bond acceptors (Lipinski definition) is 3. The summed E-state index contributed by atoms with van der Waals surface area (Å²) in [6, 6.07) is 16.4. The molecule has 0 aliphatic carbocycles. The van der Waals surface area contributed by atoms with Crippen LogP contribution >= 0.6 is 0 Å². The first-order valence-corrected chi connectivity index (χ1v) is 8.65. The van der Waals surface area contributed by atoms with Crippen LogP contribution in [0.4, 0.5) is 11.4 Å². The second-order valence-corrected chi connectivity index (χ2v) is 6.62. The lowest BCUT2D eigenvalue weighted by molar-refractivity contribution is 0.0765. The van der Waals surface area contributed by atoms with Crippen LogP contribution < -0.4 is 4.90 Å². The Morgan fingerprint density at radius 2 is 1.83 bits per heavy atom. The number of likely N-dealkylation sites (tertiary alicyclic amines) is 1. The largest absolute Gasteiger partial charge is 0.391 e. The Labute approximate surface area is 142 Å². The third kappa shape index (κ3) is 2.78. The number of aliphatic hydroxyl groups excluding tert-OH is 1. The minimum absolute atomic E-state index is 0.0112. The van der Waals surface area contributed by atoms with Gasteiger partial charge in [0.25, 0.3) is 5.91 Å². The van der Waals surface area contributed by atoms with Gasteiger partial charge in [0.2, 0.25) is 0 Å². The summed E-state index contributed by atoms with van der Waals surface area (Å²) < 4.78 is 0. The van der Waals surface area contributed by atoms with Crippen molar-refractivity contribution < 1.29 is 9.90 Å². The molecule has 0 spiro atoms. The molecular formula is C20H22N2O2. The van der Waals surface area contributed by atoms with E-state index >= 15 is 0 Å². The van der Waals surface area contributed by atoms with Crippen LogP contribution in [0, 0.1) is 0 Å². The maximum Gasteiger partial charge on any atom is 0.253 e. The van der Waals surface area contributed by atoms with Crippen molar-refractivity contribution in [3.05, 3.63) is 59.7 Å². The standard InChI is InChI=1S/C20H22N2O2/c23-18-11-13-21(14-18)20(24)16-7-9-17(10-8-16)22-12-3-5-15-4-1-2-6-19(15)22/h1-2,4,6-10,18,23H,3,5,11-14H2/t18-/m1/s1. The molecule has 0 saturated carbocycles. The van der Waals surface area contributed by atoms with E-state index in [2.05, 4.69) is 29.2 Å². The molecule has 2 aromatic carbocycles. The van der Waals surface area contributed by atoms with Crippen LogP contribution in [0.15, 0.2) is 48.5 Å². The normalized spacial score (nSPS) is 20.1. The molecule has 4 nitrogen and oxygen atoms in total. The van der Waals surface area contributed by atoms with Crippen LogP contribution in [-0.4, -0.2) is 41.7 Å². The number of rotatable bonds is 2. The number of nitrogens with zero attached hydrogens (tertiary/aromatic N) is 2. The first kappa shape index (κ1) is 15.2. The molecule has 4 heteroatoms. The van der Waals surface area contributed by atoms with Crippen molar-refractivity contribution in [3.63, 3.8) is 0 Å². The van der Waals surface area contributed by atoms with E-state index in [0.717, 1.165) is 25.1 Å². The van der Waals surface area contributed by atoms with E-state index in [0.29, 0.717) is 25.1 Å². The number of aryl methyl sites for hydroxylation is 1. The Morgan fingerprint density at radius 3 is 2.58 bits per heavy atom. The van der Waals surface area contributed by atoms with Crippen molar-refractivity contribution in [2.45, 2.75) is 25.4 Å².